The second-order valence-electron chi connectivity index (χ2n) is 6.10. The summed E-state index contributed by atoms with van der Waals surface area (Å²) < 4.78 is 10.7. The highest BCUT2D eigenvalue weighted by Gasteiger charge is 2.20. The van der Waals surface area contributed by atoms with E-state index in [-0.39, 0.29) is 17.2 Å². The summed E-state index contributed by atoms with van der Waals surface area (Å²) in [4.78, 5) is 24.5. The lowest BCUT2D eigenvalue weighted by Crippen LogP contribution is -2.18. The van der Waals surface area contributed by atoms with Crippen LogP contribution in [0.15, 0.2) is 24.3 Å². The molecule has 4 nitrogen and oxygen atoms in total. The van der Waals surface area contributed by atoms with Gasteiger partial charge in [-0.25, -0.2) is 9.59 Å². The summed E-state index contributed by atoms with van der Waals surface area (Å²) in [5, 5.41) is 0. The maximum absolute atomic E-state index is 12.3. The average Bonchev–Trinajstić information content (AvgIpc) is 2.58. The first-order valence-corrected chi connectivity index (χ1v) is 9.07. The maximum atomic E-state index is 12.3. The van der Waals surface area contributed by atoms with Gasteiger partial charge in [-0.2, -0.15) is 0 Å². The van der Waals surface area contributed by atoms with Crippen LogP contribution in [0.3, 0.4) is 0 Å². The molecule has 0 fully saturated rings. The minimum Gasteiger partial charge on any atom is -0.462 e. The summed E-state index contributed by atoms with van der Waals surface area (Å²) >= 11 is 0. The predicted molar refractivity (Wildman–Crippen MR) is 95.3 cm³/mol. The first kappa shape index (κ1) is 20.2. The molecule has 0 aliphatic rings. The standard InChI is InChI=1S/C20H30O4/c1-4-6-7-8-11-15-23-19(21)17-13-9-10-14-18(17)20(22)24-16(3)12-5-2/h9-10,13-14,16H,4-8,11-12,15H2,1-3H3. The Morgan fingerprint density at radius 2 is 1.54 bits per heavy atom. The first-order valence-electron chi connectivity index (χ1n) is 9.07. The van der Waals surface area contributed by atoms with Crippen LogP contribution in [0, 0.1) is 0 Å². The molecule has 0 bridgehead atoms. The average molecular weight is 334 g/mol. The van der Waals surface area contributed by atoms with Crippen LogP contribution in [-0.2, 0) is 9.47 Å². The molecule has 0 amide bonds. The summed E-state index contributed by atoms with van der Waals surface area (Å²) in [6.45, 7) is 6.45. The fourth-order valence-corrected chi connectivity index (χ4v) is 2.50. The van der Waals surface area contributed by atoms with E-state index < -0.39 is 11.9 Å². The number of rotatable bonds is 11. The smallest absolute Gasteiger partial charge is 0.339 e. The molecule has 0 aromatic heterocycles. The molecular formula is C20H30O4. The van der Waals surface area contributed by atoms with Gasteiger partial charge in [0, 0.05) is 0 Å². The molecule has 24 heavy (non-hydrogen) atoms. The second-order valence-corrected chi connectivity index (χ2v) is 6.10. The number of unbranched alkanes of at least 4 members (excludes halogenated alkanes) is 4. The summed E-state index contributed by atoms with van der Waals surface area (Å²) in [5.74, 6) is -0.923. The van der Waals surface area contributed by atoms with Crippen LogP contribution >= 0.6 is 0 Å². The van der Waals surface area contributed by atoms with E-state index in [4.69, 9.17) is 9.47 Å². The Morgan fingerprint density at radius 1 is 0.917 bits per heavy atom. The van der Waals surface area contributed by atoms with Crippen LogP contribution in [0.2, 0.25) is 0 Å². The van der Waals surface area contributed by atoms with Gasteiger partial charge in [0.2, 0.25) is 0 Å². The highest BCUT2D eigenvalue weighted by atomic mass is 16.5. The fourth-order valence-electron chi connectivity index (χ4n) is 2.50. The Labute approximate surface area is 145 Å². The number of ether oxygens (including phenoxy) is 2. The Balaban J connectivity index is 2.58. The van der Waals surface area contributed by atoms with Gasteiger partial charge in [-0.3, -0.25) is 0 Å². The molecule has 1 atom stereocenters. The Bertz CT molecular complexity index is 510. The molecule has 0 saturated heterocycles. The molecule has 0 heterocycles. The van der Waals surface area contributed by atoms with Crippen molar-refractivity contribution in [1.82, 2.24) is 0 Å². The first-order chi connectivity index (χ1) is 11.6. The summed E-state index contributed by atoms with van der Waals surface area (Å²) in [7, 11) is 0. The third-order valence-corrected chi connectivity index (χ3v) is 3.85. The number of hydrogen-bond donors (Lipinski definition) is 0. The van der Waals surface area contributed by atoms with Gasteiger partial charge in [0.15, 0.2) is 0 Å². The van der Waals surface area contributed by atoms with E-state index in [1.54, 1.807) is 24.3 Å². The molecule has 1 aromatic rings. The van der Waals surface area contributed by atoms with E-state index in [1.165, 1.54) is 12.8 Å². The van der Waals surface area contributed by atoms with Gasteiger partial charge in [0.25, 0.3) is 0 Å². The Morgan fingerprint density at radius 3 is 2.17 bits per heavy atom. The van der Waals surface area contributed by atoms with Gasteiger partial charge < -0.3 is 9.47 Å². The molecular weight excluding hydrogens is 304 g/mol. The van der Waals surface area contributed by atoms with Crippen molar-refractivity contribution >= 4 is 11.9 Å². The molecule has 0 radical (unpaired) electrons. The van der Waals surface area contributed by atoms with Crippen molar-refractivity contribution in [1.29, 1.82) is 0 Å². The van der Waals surface area contributed by atoms with Crippen LogP contribution in [0.4, 0.5) is 0 Å². The van der Waals surface area contributed by atoms with E-state index in [1.807, 2.05) is 13.8 Å². The second kappa shape index (κ2) is 11.7. The monoisotopic (exact) mass is 334 g/mol. The summed E-state index contributed by atoms with van der Waals surface area (Å²) in [6.07, 6.45) is 7.04. The normalized spacial score (nSPS) is 11.8. The van der Waals surface area contributed by atoms with E-state index in [0.29, 0.717) is 6.61 Å². The number of benzene rings is 1. The van der Waals surface area contributed by atoms with E-state index in [2.05, 4.69) is 6.92 Å². The van der Waals surface area contributed by atoms with Gasteiger partial charge in [0.05, 0.1) is 23.8 Å². The van der Waals surface area contributed by atoms with Gasteiger partial charge in [-0.05, 0) is 31.9 Å². The summed E-state index contributed by atoms with van der Waals surface area (Å²) in [6, 6.07) is 6.67. The third kappa shape index (κ3) is 7.16. The number of carbonyl (C=O) groups is 2. The van der Waals surface area contributed by atoms with Gasteiger partial charge >= 0.3 is 11.9 Å². The minimum atomic E-state index is -0.466. The molecule has 0 spiro atoms. The molecule has 1 rings (SSSR count). The molecule has 0 aliphatic heterocycles. The molecule has 4 heteroatoms. The van der Waals surface area contributed by atoms with Crippen LogP contribution in [0.5, 0.6) is 0 Å². The maximum Gasteiger partial charge on any atom is 0.339 e. The highest BCUT2D eigenvalue weighted by molar-refractivity contribution is 6.03. The molecule has 0 N–H and O–H groups in total. The van der Waals surface area contributed by atoms with Crippen LogP contribution in [0.25, 0.3) is 0 Å². The van der Waals surface area contributed by atoms with Crippen molar-refractivity contribution in [2.24, 2.45) is 0 Å². The lowest BCUT2D eigenvalue weighted by Gasteiger charge is -2.14. The van der Waals surface area contributed by atoms with Crippen molar-refractivity contribution in [3.63, 3.8) is 0 Å². The third-order valence-electron chi connectivity index (χ3n) is 3.85. The zero-order valence-corrected chi connectivity index (χ0v) is 15.2. The van der Waals surface area contributed by atoms with Crippen molar-refractivity contribution in [3.8, 4) is 0 Å². The highest BCUT2D eigenvalue weighted by Crippen LogP contribution is 2.14. The number of hydrogen-bond acceptors (Lipinski definition) is 4. The number of esters is 2. The lowest BCUT2D eigenvalue weighted by molar-refractivity contribution is 0.0311. The van der Waals surface area contributed by atoms with Gasteiger partial charge in [-0.15, -0.1) is 0 Å². The molecule has 0 aliphatic carbocycles. The zero-order chi connectivity index (χ0) is 17.8. The van der Waals surface area contributed by atoms with E-state index in [9.17, 15) is 9.59 Å². The molecule has 134 valence electrons. The Kier molecular flexibility index (Phi) is 9.81. The van der Waals surface area contributed by atoms with Crippen LogP contribution in [-0.4, -0.2) is 24.6 Å². The van der Waals surface area contributed by atoms with Crippen LogP contribution in [0.1, 0.15) is 86.4 Å². The lowest BCUT2D eigenvalue weighted by atomic mass is 10.1. The van der Waals surface area contributed by atoms with Gasteiger partial charge in [0.1, 0.15) is 0 Å². The fraction of sp³-hybridized carbons (Fsp3) is 0.600. The topological polar surface area (TPSA) is 52.6 Å². The van der Waals surface area contributed by atoms with Crippen LogP contribution < -0.4 is 0 Å². The Hall–Kier alpha value is -1.84. The van der Waals surface area contributed by atoms with E-state index in [0.717, 1.165) is 32.1 Å². The molecule has 0 saturated carbocycles. The molecule has 1 unspecified atom stereocenters. The largest absolute Gasteiger partial charge is 0.462 e. The quantitative estimate of drug-likeness (QED) is 0.414. The van der Waals surface area contributed by atoms with Crippen molar-refractivity contribution in [3.05, 3.63) is 35.4 Å². The number of carbonyl (C=O) groups excluding carboxylic acids is 2. The van der Waals surface area contributed by atoms with Gasteiger partial charge in [-0.1, -0.05) is 58.1 Å². The van der Waals surface area contributed by atoms with E-state index >= 15 is 0 Å². The SMILES string of the molecule is CCCCCCCOC(=O)c1ccccc1C(=O)OC(C)CCC. The van der Waals surface area contributed by atoms with Crippen molar-refractivity contribution < 1.29 is 19.1 Å². The molecule has 1 aromatic carbocycles. The zero-order valence-electron chi connectivity index (χ0n) is 15.2. The van der Waals surface area contributed by atoms with Crippen molar-refractivity contribution in [2.45, 2.75) is 71.8 Å². The minimum absolute atomic E-state index is 0.162. The predicted octanol–water partition coefficient (Wildman–Crippen LogP) is 5.16. The summed E-state index contributed by atoms with van der Waals surface area (Å²) in [5.41, 5.74) is 0.552. The van der Waals surface area contributed by atoms with Crippen molar-refractivity contribution in [2.75, 3.05) is 6.61 Å².